The van der Waals surface area contributed by atoms with E-state index in [0.29, 0.717) is 13.0 Å². The normalized spacial score (nSPS) is 20.8. The van der Waals surface area contributed by atoms with E-state index >= 15 is 0 Å². The zero-order valence-corrected chi connectivity index (χ0v) is 9.64. The number of piperidine rings is 1. The van der Waals surface area contributed by atoms with Gasteiger partial charge < -0.3 is 4.90 Å². The molecule has 3 heteroatoms. The van der Waals surface area contributed by atoms with Gasteiger partial charge >= 0.3 is 0 Å². The molecule has 0 radical (unpaired) electrons. The summed E-state index contributed by atoms with van der Waals surface area (Å²) in [4.78, 5) is 6.63. The zero-order chi connectivity index (χ0) is 11.7. The van der Waals surface area contributed by atoms with E-state index < -0.39 is 6.17 Å². The van der Waals surface area contributed by atoms with Crippen LogP contribution in [0, 0.1) is 0 Å². The largest absolute Gasteiger partial charge is 0.354 e. The maximum Gasteiger partial charge on any atom is 0.129 e. The molecule has 1 aromatic heterocycles. The van der Waals surface area contributed by atoms with Crippen LogP contribution in [0.25, 0.3) is 10.9 Å². The third-order valence-electron chi connectivity index (χ3n) is 3.27. The smallest absolute Gasteiger partial charge is 0.129 e. The van der Waals surface area contributed by atoms with Gasteiger partial charge in [0, 0.05) is 11.9 Å². The Labute approximate surface area is 100 Å². The number of nitrogens with zero attached hydrogens (tertiary/aromatic N) is 2. The standard InChI is InChI=1S/C14H15FN2/c15-12-5-3-9-17(10-12)14-8-7-11-4-1-2-6-13(11)16-14/h1-2,4,6-8,12H,3,5,9-10H2. The number of pyridine rings is 1. The summed E-state index contributed by atoms with van der Waals surface area (Å²) in [5, 5.41) is 1.13. The van der Waals surface area contributed by atoms with Gasteiger partial charge in [-0.05, 0) is 31.0 Å². The molecule has 0 aliphatic carbocycles. The predicted octanol–water partition coefficient (Wildman–Crippen LogP) is 3.17. The lowest BCUT2D eigenvalue weighted by Gasteiger charge is -2.30. The molecule has 1 atom stereocenters. The molecule has 0 amide bonds. The van der Waals surface area contributed by atoms with Crippen LogP contribution >= 0.6 is 0 Å². The number of fused-ring (bicyclic) bond motifs is 1. The van der Waals surface area contributed by atoms with Crippen molar-refractivity contribution in [3.8, 4) is 0 Å². The topological polar surface area (TPSA) is 16.1 Å². The quantitative estimate of drug-likeness (QED) is 0.748. The average Bonchev–Trinajstić information content (AvgIpc) is 2.38. The van der Waals surface area contributed by atoms with Gasteiger partial charge in [0.1, 0.15) is 12.0 Å². The second-order valence-electron chi connectivity index (χ2n) is 4.55. The summed E-state index contributed by atoms with van der Waals surface area (Å²) in [6.07, 6.45) is 0.886. The maximum atomic E-state index is 13.4. The van der Waals surface area contributed by atoms with Crippen LogP contribution in [0.3, 0.4) is 0 Å². The monoisotopic (exact) mass is 230 g/mol. The van der Waals surface area contributed by atoms with Gasteiger partial charge in [-0.25, -0.2) is 9.37 Å². The van der Waals surface area contributed by atoms with Crippen molar-refractivity contribution in [1.29, 1.82) is 0 Å². The van der Waals surface area contributed by atoms with Crippen molar-refractivity contribution < 1.29 is 4.39 Å². The molecule has 2 aromatic rings. The third-order valence-corrected chi connectivity index (χ3v) is 3.27. The Morgan fingerprint density at radius 2 is 2.06 bits per heavy atom. The number of hydrogen-bond acceptors (Lipinski definition) is 2. The van der Waals surface area contributed by atoms with Crippen molar-refractivity contribution in [2.45, 2.75) is 19.0 Å². The Bertz CT molecular complexity index is 526. The van der Waals surface area contributed by atoms with E-state index in [1.807, 2.05) is 35.2 Å². The Kier molecular flexibility index (Phi) is 2.67. The van der Waals surface area contributed by atoms with Crippen LogP contribution in [0.15, 0.2) is 36.4 Å². The fraction of sp³-hybridized carbons (Fsp3) is 0.357. The Morgan fingerprint density at radius 3 is 2.94 bits per heavy atom. The first-order valence-electron chi connectivity index (χ1n) is 6.08. The molecular formula is C14H15FN2. The zero-order valence-electron chi connectivity index (χ0n) is 9.64. The van der Waals surface area contributed by atoms with Crippen molar-refractivity contribution in [2.75, 3.05) is 18.0 Å². The van der Waals surface area contributed by atoms with Gasteiger partial charge in [-0.15, -0.1) is 0 Å². The molecule has 2 nitrogen and oxygen atoms in total. The molecule has 0 spiro atoms. The fourth-order valence-corrected chi connectivity index (χ4v) is 2.36. The molecule has 1 aromatic carbocycles. The molecule has 17 heavy (non-hydrogen) atoms. The SMILES string of the molecule is FC1CCCN(c2ccc3ccccc3n2)C1. The van der Waals surface area contributed by atoms with Gasteiger partial charge in [-0.3, -0.25) is 0 Å². The first-order chi connectivity index (χ1) is 8.33. The lowest BCUT2D eigenvalue weighted by Crippen LogP contribution is -2.36. The average molecular weight is 230 g/mol. The lowest BCUT2D eigenvalue weighted by atomic mass is 10.1. The number of para-hydroxylation sites is 1. The number of alkyl halides is 1. The maximum absolute atomic E-state index is 13.4. The van der Waals surface area contributed by atoms with Gasteiger partial charge in [0.25, 0.3) is 0 Å². The van der Waals surface area contributed by atoms with Gasteiger partial charge in [0.2, 0.25) is 0 Å². The van der Waals surface area contributed by atoms with Crippen molar-refractivity contribution in [3.05, 3.63) is 36.4 Å². The van der Waals surface area contributed by atoms with Crippen LogP contribution in [0.4, 0.5) is 10.2 Å². The van der Waals surface area contributed by atoms with Crippen LogP contribution in [-0.2, 0) is 0 Å². The van der Waals surface area contributed by atoms with Crippen LogP contribution in [0.2, 0.25) is 0 Å². The molecule has 88 valence electrons. The van der Waals surface area contributed by atoms with E-state index in [0.717, 1.165) is 29.7 Å². The molecule has 0 N–H and O–H groups in total. The van der Waals surface area contributed by atoms with E-state index in [-0.39, 0.29) is 0 Å². The number of hydrogen-bond donors (Lipinski definition) is 0. The van der Waals surface area contributed by atoms with Crippen LogP contribution in [0.5, 0.6) is 0 Å². The predicted molar refractivity (Wildman–Crippen MR) is 68.1 cm³/mol. The molecule has 0 bridgehead atoms. The molecule has 3 rings (SSSR count). The van der Waals surface area contributed by atoms with Gasteiger partial charge in [0.05, 0.1) is 12.1 Å². The number of halogens is 1. The summed E-state index contributed by atoms with van der Waals surface area (Å²) in [7, 11) is 0. The summed E-state index contributed by atoms with van der Waals surface area (Å²) in [5.41, 5.74) is 0.978. The second-order valence-corrected chi connectivity index (χ2v) is 4.55. The van der Waals surface area contributed by atoms with E-state index in [9.17, 15) is 4.39 Å². The second kappa shape index (κ2) is 4.32. The Hall–Kier alpha value is -1.64. The molecular weight excluding hydrogens is 215 g/mol. The fourth-order valence-electron chi connectivity index (χ4n) is 2.36. The van der Waals surface area contributed by atoms with Gasteiger partial charge in [-0.2, -0.15) is 0 Å². The lowest BCUT2D eigenvalue weighted by molar-refractivity contribution is 0.286. The molecule has 2 heterocycles. The number of anilines is 1. The van der Waals surface area contributed by atoms with E-state index in [1.54, 1.807) is 0 Å². The summed E-state index contributed by atoms with van der Waals surface area (Å²) in [6.45, 7) is 1.39. The molecule has 0 saturated carbocycles. The molecule has 1 aliphatic heterocycles. The number of rotatable bonds is 1. The summed E-state index contributed by atoms with van der Waals surface area (Å²) in [6, 6.07) is 12.1. The van der Waals surface area contributed by atoms with Gasteiger partial charge in [0.15, 0.2) is 0 Å². The van der Waals surface area contributed by atoms with Crippen LogP contribution in [-0.4, -0.2) is 24.2 Å². The van der Waals surface area contributed by atoms with E-state index in [2.05, 4.69) is 11.1 Å². The minimum Gasteiger partial charge on any atom is -0.354 e. The van der Waals surface area contributed by atoms with E-state index in [4.69, 9.17) is 0 Å². The van der Waals surface area contributed by atoms with Gasteiger partial charge in [-0.1, -0.05) is 18.2 Å². The minimum absolute atomic E-state index is 0.478. The molecule has 1 aliphatic rings. The number of benzene rings is 1. The summed E-state index contributed by atoms with van der Waals surface area (Å²) in [5.74, 6) is 0.894. The highest BCUT2D eigenvalue weighted by atomic mass is 19.1. The van der Waals surface area contributed by atoms with Crippen LogP contribution in [0.1, 0.15) is 12.8 Å². The minimum atomic E-state index is -0.711. The number of aromatic nitrogens is 1. The summed E-state index contributed by atoms with van der Waals surface area (Å²) < 4.78 is 13.4. The highest BCUT2D eigenvalue weighted by Crippen LogP contribution is 2.22. The molecule has 1 fully saturated rings. The van der Waals surface area contributed by atoms with E-state index in [1.165, 1.54) is 0 Å². The highest BCUT2D eigenvalue weighted by Gasteiger charge is 2.20. The molecule has 1 saturated heterocycles. The van der Waals surface area contributed by atoms with Crippen molar-refractivity contribution in [3.63, 3.8) is 0 Å². The third kappa shape index (κ3) is 2.09. The Morgan fingerprint density at radius 1 is 1.18 bits per heavy atom. The first-order valence-corrected chi connectivity index (χ1v) is 6.08. The van der Waals surface area contributed by atoms with Crippen molar-refractivity contribution >= 4 is 16.7 Å². The van der Waals surface area contributed by atoms with Crippen LogP contribution < -0.4 is 4.90 Å². The van der Waals surface area contributed by atoms with Crippen molar-refractivity contribution in [1.82, 2.24) is 4.98 Å². The first kappa shape index (κ1) is 10.5. The highest BCUT2D eigenvalue weighted by molar-refractivity contribution is 5.80. The Balaban J connectivity index is 1.94. The summed E-state index contributed by atoms with van der Waals surface area (Å²) >= 11 is 0. The molecule has 1 unspecified atom stereocenters. The van der Waals surface area contributed by atoms with Crippen molar-refractivity contribution in [2.24, 2.45) is 0 Å².